The fraction of sp³-hybridized carbons (Fsp3) is 0.323. The monoisotopic (exact) mass is 556 g/mol. The van der Waals surface area contributed by atoms with Gasteiger partial charge in [0, 0.05) is 31.0 Å². The molecule has 1 amide bonds. The number of rotatable bonds is 7. The van der Waals surface area contributed by atoms with Crippen LogP contribution in [-0.2, 0) is 9.53 Å². The molecule has 210 valence electrons. The Morgan fingerprint density at radius 2 is 1.95 bits per heavy atom. The van der Waals surface area contributed by atoms with Crippen molar-refractivity contribution in [1.82, 2.24) is 19.3 Å². The summed E-state index contributed by atoms with van der Waals surface area (Å²) < 4.78 is 39.3. The maximum absolute atomic E-state index is 14.6. The lowest BCUT2D eigenvalue weighted by Crippen LogP contribution is -2.27. The van der Waals surface area contributed by atoms with Gasteiger partial charge >= 0.3 is 0 Å². The minimum Gasteiger partial charge on any atom is -0.494 e. The number of methoxy groups -OCH3 is 1. The number of imidazole rings is 1. The zero-order chi connectivity index (χ0) is 28.3. The van der Waals surface area contributed by atoms with E-state index in [9.17, 15) is 9.18 Å². The average molecular weight is 557 g/mol. The summed E-state index contributed by atoms with van der Waals surface area (Å²) in [6, 6.07) is 12.0. The van der Waals surface area contributed by atoms with Crippen molar-refractivity contribution < 1.29 is 28.1 Å². The number of likely N-dealkylation sites (tertiary alicyclic amines) is 1. The van der Waals surface area contributed by atoms with Crippen LogP contribution in [0.1, 0.15) is 31.5 Å². The molecule has 2 aromatic carbocycles. The normalized spacial score (nSPS) is 18.3. The highest BCUT2D eigenvalue weighted by Crippen LogP contribution is 2.36. The average Bonchev–Trinajstić information content (AvgIpc) is 3.75. The molecular weight excluding hydrogens is 527 g/mol. The predicted octanol–water partition coefficient (Wildman–Crippen LogP) is 4.84. The minimum atomic E-state index is -0.566. The first-order valence-corrected chi connectivity index (χ1v) is 13.5. The largest absolute Gasteiger partial charge is 0.494 e. The van der Waals surface area contributed by atoms with Gasteiger partial charge in [0.2, 0.25) is 11.7 Å². The molecule has 2 fully saturated rings. The van der Waals surface area contributed by atoms with Gasteiger partial charge in [-0.2, -0.15) is 4.39 Å². The maximum Gasteiger partial charge on any atom is 0.298 e. The highest BCUT2D eigenvalue weighted by Gasteiger charge is 2.32. The van der Waals surface area contributed by atoms with E-state index in [1.807, 2.05) is 16.5 Å². The van der Waals surface area contributed by atoms with Crippen LogP contribution in [0, 0.1) is 17.7 Å². The van der Waals surface area contributed by atoms with Crippen LogP contribution in [0.25, 0.3) is 16.8 Å². The summed E-state index contributed by atoms with van der Waals surface area (Å²) in [5.41, 5.74) is 2.33. The third kappa shape index (κ3) is 5.28. The number of carbonyl (C=O) groups excluding carboxylic acids is 1. The molecule has 0 radical (unpaired) electrons. The maximum atomic E-state index is 14.6. The molecule has 2 aliphatic rings. The molecule has 0 saturated carbocycles. The Morgan fingerprint density at radius 1 is 1.12 bits per heavy atom. The lowest BCUT2D eigenvalue weighted by atomic mass is 10.1. The second kappa shape index (κ2) is 11.5. The summed E-state index contributed by atoms with van der Waals surface area (Å²) in [5.74, 6) is 6.60. The molecule has 0 unspecified atom stereocenters. The van der Waals surface area contributed by atoms with E-state index in [2.05, 4.69) is 16.8 Å². The smallest absolute Gasteiger partial charge is 0.298 e. The first-order chi connectivity index (χ1) is 20.1. The number of benzene rings is 2. The van der Waals surface area contributed by atoms with Crippen LogP contribution >= 0.6 is 0 Å². The van der Waals surface area contributed by atoms with E-state index in [-0.39, 0.29) is 29.4 Å². The lowest BCUT2D eigenvalue weighted by Gasteiger charge is -2.16. The SMILES string of the molecule is CC#CC(=O)N1CC[C@@H](c2nc(-c3ccc(Oc4cccc(OC)c4F)cc3)c3cncc(O[C@@H]4CCOC4)n23)C1. The quantitative estimate of drug-likeness (QED) is 0.301. The van der Waals surface area contributed by atoms with Crippen molar-refractivity contribution in [3.63, 3.8) is 0 Å². The minimum absolute atomic E-state index is 0.0120. The Balaban J connectivity index is 1.35. The number of amides is 1. The Bertz CT molecular complexity index is 1640. The number of halogens is 1. The van der Waals surface area contributed by atoms with Crippen LogP contribution in [-0.4, -0.2) is 64.7 Å². The topological polar surface area (TPSA) is 87.4 Å². The molecule has 0 N–H and O–H groups in total. The summed E-state index contributed by atoms with van der Waals surface area (Å²) in [7, 11) is 1.41. The van der Waals surface area contributed by atoms with Gasteiger partial charge in [-0.3, -0.25) is 14.2 Å². The number of carbonyl (C=O) groups is 1. The number of aromatic nitrogens is 3. The third-order valence-electron chi connectivity index (χ3n) is 7.29. The third-order valence-corrected chi connectivity index (χ3v) is 7.29. The van der Waals surface area contributed by atoms with Crippen LogP contribution < -0.4 is 14.2 Å². The molecule has 2 atom stereocenters. The molecule has 2 aromatic heterocycles. The zero-order valence-corrected chi connectivity index (χ0v) is 22.8. The number of hydrogen-bond donors (Lipinski definition) is 0. The molecule has 2 aliphatic heterocycles. The zero-order valence-electron chi connectivity index (χ0n) is 22.8. The van der Waals surface area contributed by atoms with E-state index in [0.29, 0.717) is 37.9 Å². The van der Waals surface area contributed by atoms with Crippen molar-refractivity contribution in [2.24, 2.45) is 0 Å². The molecule has 0 aliphatic carbocycles. The van der Waals surface area contributed by atoms with E-state index >= 15 is 0 Å². The predicted molar refractivity (Wildman–Crippen MR) is 149 cm³/mol. The van der Waals surface area contributed by atoms with E-state index in [1.54, 1.807) is 48.5 Å². The Morgan fingerprint density at radius 3 is 2.71 bits per heavy atom. The Kier molecular flexibility index (Phi) is 7.44. The second-order valence-corrected chi connectivity index (χ2v) is 9.90. The second-order valence-electron chi connectivity index (χ2n) is 9.90. The molecule has 6 rings (SSSR count). The van der Waals surface area contributed by atoms with Gasteiger partial charge in [-0.25, -0.2) is 4.98 Å². The van der Waals surface area contributed by atoms with Crippen molar-refractivity contribution in [3.05, 3.63) is 66.5 Å². The van der Waals surface area contributed by atoms with E-state index < -0.39 is 5.82 Å². The van der Waals surface area contributed by atoms with Crippen LogP contribution in [0.3, 0.4) is 0 Å². The van der Waals surface area contributed by atoms with Gasteiger partial charge in [-0.05, 0) is 55.7 Å². The fourth-order valence-corrected chi connectivity index (χ4v) is 5.25. The molecular formula is C31H29FN4O5. The Hall–Kier alpha value is -4.62. The summed E-state index contributed by atoms with van der Waals surface area (Å²) >= 11 is 0. The van der Waals surface area contributed by atoms with Crippen molar-refractivity contribution in [2.45, 2.75) is 31.8 Å². The van der Waals surface area contributed by atoms with Gasteiger partial charge < -0.3 is 23.8 Å². The number of ether oxygens (including phenoxy) is 4. The summed E-state index contributed by atoms with van der Waals surface area (Å²) in [6.07, 6.45) is 4.93. The molecule has 0 spiro atoms. The van der Waals surface area contributed by atoms with Crippen LogP contribution in [0.5, 0.6) is 23.1 Å². The number of fused-ring (bicyclic) bond motifs is 1. The van der Waals surface area contributed by atoms with Gasteiger partial charge in [0.1, 0.15) is 17.7 Å². The molecule has 0 bridgehead atoms. The van der Waals surface area contributed by atoms with Crippen LogP contribution in [0.15, 0.2) is 54.9 Å². The molecule has 4 heterocycles. The van der Waals surface area contributed by atoms with Crippen LogP contribution in [0.4, 0.5) is 4.39 Å². The summed E-state index contributed by atoms with van der Waals surface area (Å²) in [5, 5.41) is 0. The van der Waals surface area contributed by atoms with Gasteiger partial charge in [0.05, 0.1) is 43.9 Å². The first kappa shape index (κ1) is 26.6. The number of nitrogens with zero attached hydrogens (tertiary/aromatic N) is 4. The summed E-state index contributed by atoms with van der Waals surface area (Å²) in [6.45, 7) is 3.95. The molecule has 10 heteroatoms. The van der Waals surface area contributed by atoms with E-state index in [1.165, 1.54) is 13.2 Å². The molecule has 9 nitrogen and oxygen atoms in total. The van der Waals surface area contributed by atoms with Gasteiger partial charge in [-0.1, -0.05) is 12.0 Å². The van der Waals surface area contributed by atoms with Gasteiger partial charge in [0.15, 0.2) is 11.5 Å². The molecule has 2 saturated heterocycles. The van der Waals surface area contributed by atoms with Crippen molar-refractivity contribution >= 4 is 11.4 Å². The highest BCUT2D eigenvalue weighted by atomic mass is 19.1. The van der Waals surface area contributed by atoms with Gasteiger partial charge in [0.25, 0.3) is 5.91 Å². The van der Waals surface area contributed by atoms with Crippen molar-refractivity contribution in [2.75, 3.05) is 33.4 Å². The molecule has 4 aromatic rings. The van der Waals surface area contributed by atoms with E-state index in [0.717, 1.165) is 35.4 Å². The highest BCUT2D eigenvalue weighted by molar-refractivity contribution is 5.93. The molecule has 41 heavy (non-hydrogen) atoms. The lowest BCUT2D eigenvalue weighted by molar-refractivity contribution is -0.124. The fourth-order valence-electron chi connectivity index (χ4n) is 5.25. The van der Waals surface area contributed by atoms with E-state index in [4.69, 9.17) is 23.9 Å². The van der Waals surface area contributed by atoms with Crippen LogP contribution in [0.2, 0.25) is 0 Å². The standard InChI is InChI=1S/C31H29FN4O5/c1-3-5-27(37)35-14-12-21(18-35)31-34-30(24-16-33-17-28(36(24)31)41-23-13-15-39-19-23)20-8-10-22(11-9-20)40-26-7-4-6-25(38-2)29(26)32/h4,6-11,16-17,21,23H,12-15,18-19H2,1-2H3/t21-,23-/m1/s1. The first-order valence-electron chi connectivity index (χ1n) is 13.5. The van der Waals surface area contributed by atoms with Crippen molar-refractivity contribution in [3.8, 4) is 46.2 Å². The Labute approximate surface area is 236 Å². The van der Waals surface area contributed by atoms with Crippen molar-refractivity contribution in [1.29, 1.82) is 0 Å². The van der Waals surface area contributed by atoms with Gasteiger partial charge in [-0.15, -0.1) is 0 Å². The summed E-state index contributed by atoms with van der Waals surface area (Å²) in [4.78, 5) is 23.8. The number of hydrogen-bond acceptors (Lipinski definition) is 7.